The minimum Gasteiger partial charge on any atom is -0.384 e. The Kier molecular flexibility index (Phi) is 5.05. The summed E-state index contributed by atoms with van der Waals surface area (Å²) in [6.45, 7) is 9.03. The number of piperidine rings is 1. The van der Waals surface area contributed by atoms with Gasteiger partial charge in [0.05, 0.1) is 0 Å². The Bertz CT molecular complexity index is 462. The van der Waals surface area contributed by atoms with Crippen molar-refractivity contribution in [2.75, 3.05) is 25.0 Å². The number of amides is 1. The summed E-state index contributed by atoms with van der Waals surface area (Å²) >= 11 is 0. The normalized spacial score (nSPS) is 16.2. The second-order valence-corrected chi connectivity index (χ2v) is 6.06. The van der Waals surface area contributed by atoms with E-state index in [1.54, 1.807) is 0 Å². The Morgan fingerprint density at radius 1 is 1.30 bits per heavy atom. The molecule has 1 N–H and O–H groups in total. The molecular formula is C17H26N2O. The van der Waals surface area contributed by atoms with E-state index < -0.39 is 0 Å². The van der Waals surface area contributed by atoms with Gasteiger partial charge in [-0.2, -0.15) is 0 Å². The monoisotopic (exact) mass is 274 g/mol. The van der Waals surface area contributed by atoms with Gasteiger partial charge in [-0.25, -0.2) is 0 Å². The highest BCUT2D eigenvalue weighted by molar-refractivity contribution is 5.76. The van der Waals surface area contributed by atoms with Gasteiger partial charge in [-0.3, -0.25) is 4.79 Å². The number of carbonyl (C=O) groups excluding carboxylic acids is 1. The van der Waals surface area contributed by atoms with Crippen LogP contribution in [0.3, 0.4) is 0 Å². The molecule has 1 fully saturated rings. The van der Waals surface area contributed by atoms with Crippen molar-refractivity contribution in [1.82, 2.24) is 4.90 Å². The van der Waals surface area contributed by atoms with Crippen LogP contribution >= 0.6 is 0 Å². The number of rotatable bonds is 4. The van der Waals surface area contributed by atoms with Crippen LogP contribution in [-0.4, -0.2) is 30.4 Å². The average Bonchev–Trinajstić information content (AvgIpc) is 2.43. The van der Waals surface area contributed by atoms with Gasteiger partial charge in [0.2, 0.25) is 5.91 Å². The second kappa shape index (κ2) is 6.78. The van der Waals surface area contributed by atoms with Gasteiger partial charge in [0.25, 0.3) is 0 Å². The van der Waals surface area contributed by atoms with E-state index in [2.05, 4.69) is 44.3 Å². The van der Waals surface area contributed by atoms with Crippen LogP contribution in [0.2, 0.25) is 0 Å². The molecule has 0 unspecified atom stereocenters. The molecular weight excluding hydrogens is 248 g/mol. The molecule has 0 spiro atoms. The van der Waals surface area contributed by atoms with Crippen molar-refractivity contribution in [2.24, 2.45) is 5.92 Å². The molecule has 1 aliphatic rings. The van der Waals surface area contributed by atoms with Crippen molar-refractivity contribution in [2.45, 2.75) is 40.0 Å². The van der Waals surface area contributed by atoms with Crippen molar-refractivity contribution >= 4 is 11.6 Å². The van der Waals surface area contributed by atoms with Crippen molar-refractivity contribution in [3.8, 4) is 0 Å². The molecule has 3 heteroatoms. The van der Waals surface area contributed by atoms with Gasteiger partial charge in [-0.05, 0) is 49.8 Å². The zero-order valence-electron chi connectivity index (χ0n) is 12.9. The van der Waals surface area contributed by atoms with E-state index >= 15 is 0 Å². The van der Waals surface area contributed by atoms with Crippen LogP contribution < -0.4 is 5.32 Å². The van der Waals surface area contributed by atoms with Crippen LogP contribution in [0.4, 0.5) is 5.69 Å². The minimum absolute atomic E-state index is 0.287. The lowest BCUT2D eigenvalue weighted by Gasteiger charge is -2.30. The average molecular weight is 274 g/mol. The number of hydrogen-bond donors (Lipinski definition) is 1. The summed E-state index contributed by atoms with van der Waals surface area (Å²) in [5, 5.41) is 3.39. The lowest BCUT2D eigenvalue weighted by molar-refractivity contribution is -0.132. The highest BCUT2D eigenvalue weighted by Gasteiger charge is 2.19. The molecule has 1 aromatic carbocycles. The topological polar surface area (TPSA) is 32.3 Å². The predicted octanol–water partition coefficient (Wildman–Crippen LogP) is 3.36. The van der Waals surface area contributed by atoms with Gasteiger partial charge in [0, 0.05) is 31.7 Å². The molecule has 0 radical (unpaired) electrons. The van der Waals surface area contributed by atoms with Gasteiger partial charge < -0.3 is 10.2 Å². The maximum absolute atomic E-state index is 12.1. The molecule has 1 heterocycles. The molecule has 1 aliphatic heterocycles. The van der Waals surface area contributed by atoms with E-state index in [9.17, 15) is 4.79 Å². The third-order valence-corrected chi connectivity index (χ3v) is 4.18. The fraction of sp³-hybridized carbons (Fsp3) is 0.588. The van der Waals surface area contributed by atoms with Gasteiger partial charge >= 0.3 is 0 Å². The first-order chi connectivity index (χ1) is 9.56. The zero-order valence-corrected chi connectivity index (χ0v) is 12.9. The molecule has 2 rings (SSSR count). The second-order valence-electron chi connectivity index (χ2n) is 6.06. The first kappa shape index (κ1) is 14.9. The van der Waals surface area contributed by atoms with Crippen LogP contribution in [-0.2, 0) is 4.79 Å². The number of nitrogens with zero attached hydrogens (tertiary/aromatic N) is 1. The third-order valence-electron chi connectivity index (χ3n) is 4.18. The number of benzene rings is 1. The summed E-state index contributed by atoms with van der Waals surface area (Å²) in [4.78, 5) is 14.2. The van der Waals surface area contributed by atoms with Gasteiger partial charge in [0.1, 0.15) is 0 Å². The maximum atomic E-state index is 12.1. The quantitative estimate of drug-likeness (QED) is 0.913. The Morgan fingerprint density at radius 3 is 2.70 bits per heavy atom. The molecule has 1 aromatic rings. The molecule has 0 atom stereocenters. The highest BCUT2D eigenvalue weighted by Crippen LogP contribution is 2.18. The number of aryl methyl sites for hydroxylation is 2. The first-order valence-corrected chi connectivity index (χ1v) is 7.65. The van der Waals surface area contributed by atoms with Crippen molar-refractivity contribution in [1.29, 1.82) is 0 Å². The van der Waals surface area contributed by atoms with E-state index in [1.807, 2.05) is 4.90 Å². The summed E-state index contributed by atoms with van der Waals surface area (Å²) in [6.07, 6.45) is 2.88. The molecule has 0 aliphatic carbocycles. The van der Waals surface area contributed by atoms with E-state index in [1.165, 1.54) is 11.1 Å². The molecule has 3 nitrogen and oxygen atoms in total. The number of carbonyl (C=O) groups is 1. The Morgan fingerprint density at radius 2 is 2.00 bits per heavy atom. The summed E-state index contributed by atoms with van der Waals surface area (Å²) < 4.78 is 0. The van der Waals surface area contributed by atoms with Crippen molar-refractivity contribution in [3.63, 3.8) is 0 Å². The summed E-state index contributed by atoms with van der Waals surface area (Å²) in [5.74, 6) is 1.06. The number of anilines is 1. The molecule has 0 aromatic heterocycles. The number of likely N-dealkylation sites (tertiary alicyclic amines) is 1. The molecule has 1 saturated heterocycles. The van der Waals surface area contributed by atoms with Crippen LogP contribution in [0.1, 0.15) is 37.3 Å². The maximum Gasteiger partial charge on any atom is 0.224 e. The standard InChI is InChI=1S/C17H26N2O/c1-13-7-10-19(11-8-13)17(20)6-9-18-16-12-14(2)4-5-15(16)3/h4-5,12-13,18H,6-11H2,1-3H3. The lowest BCUT2D eigenvalue weighted by Crippen LogP contribution is -2.38. The van der Waals surface area contributed by atoms with Crippen LogP contribution in [0, 0.1) is 19.8 Å². The fourth-order valence-electron chi connectivity index (χ4n) is 2.65. The molecule has 0 saturated carbocycles. The van der Waals surface area contributed by atoms with Gasteiger partial charge in [-0.15, -0.1) is 0 Å². The summed E-state index contributed by atoms with van der Waals surface area (Å²) in [6, 6.07) is 6.37. The summed E-state index contributed by atoms with van der Waals surface area (Å²) in [5.41, 5.74) is 3.62. The highest BCUT2D eigenvalue weighted by atomic mass is 16.2. The summed E-state index contributed by atoms with van der Waals surface area (Å²) in [7, 11) is 0. The third kappa shape index (κ3) is 3.99. The Hall–Kier alpha value is -1.51. The largest absolute Gasteiger partial charge is 0.384 e. The van der Waals surface area contributed by atoms with Gasteiger partial charge in [-0.1, -0.05) is 19.1 Å². The van der Waals surface area contributed by atoms with E-state index in [4.69, 9.17) is 0 Å². The minimum atomic E-state index is 0.287. The van der Waals surface area contributed by atoms with Crippen LogP contribution in [0.15, 0.2) is 18.2 Å². The van der Waals surface area contributed by atoms with Crippen molar-refractivity contribution in [3.05, 3.63) is 29.3 Å². The zero-order chi connectivity index (χ0) is 14.5. The smallest absolute Gasteiger partial charge is 0.224 e. The van der Waals surface area contributed by atoms with E-state index in [0.717, 1.165) is 44.1 Å². The predicted molar refractivity (Wildman–Crippen MR) is 84.0 cm³/mol. The van der Waals surface area contributed by atoms with Crippen molar-refractivity contribution < 1.29 is 4.79 Å². The number of hydrogen-bond acceptors (Lipinski definition) is 2. The lowest BCUT2D eigenvalue weighted by atomic mass is 9.99. The SMILES string of the molecule is Cc1ccc(C)c(NCCC(=O)N2CCC(C)CC2)c1. The first-order valence-electron chi connectivity index (χ1n) is 7.65. The molecule has 1 amide bonds. The van der Waals surface area contributed by atoms with E-state index in [-0.39, 0.29) is 5.91 Å². The van der Waals surface area contributed by atoms with E-state index in [0.29, 0.717) is 6.42 Å². The van der Waals surface area contributed by atoms with Crippen LogP contribution in [0.5, 0.6) is 0 Å². The molecule has 0 bridgehead atoms. The fourth-order valence-corrected chi connectivity index (χ4v) is 2.65. The Labute approximate surface area is 122 Å². The number of nitrogens with one attached hydrogen (secondary N) is 1. The molecule has 110 valence electrons. The van der Waals surface area contributed by atoms with Gasteiger partial charge in [0.15, 0.2) is 0 Å². The van der Waals surface area contributed by atoms with Crippen LogP contribution in [0.25, 0.3) is 0 Å². The Balaban J connectivity index is 1.78. The molecule has 20 heavy (non-hydrogen) atoms.